The monoisotopic (exact) mass is 440 g/mol. The van der Waals surface area contributed by atoms with E-state index in [4.69, 9.17) is 4.74 Å². The maximum Gasteiger partial charge on any atom is 0.0625 e. The number of hydrogen-bond acceptors (Lipinski definition) is 1. The summed E-state index contributed by atoms with van der Waals surface area (Å²) in [5.41, 5.74) is 3.79. The van der Waals surface area contributed by atoms with E-state index in [2.05, 4.69) is 55.0 Å². The summed E-state index contributed by atoms with van der Waals surface area (Å²) in [6.07, 6.45) is 14.6. The van der Waals surface area contributed by atoms with Gasteiger partial charge in [-0.15, -0.1) is 0 Å². The van der Waals surface area contributed by atoms with Gasteiger partial charge in [-0.3, -0.25) is 0 Å². The van der Waals surface area contributed by atoms with E-state index in [1.807, 2.05) is 7.11 Å². The van der Waals surface area contributed by atoms with Crippen LogP contribution in [-0.4, -0.2) is 13.2 Å². The number of methoxy groups -OCH3 is 1. The van der Waals surface area contributed by atoms with Gasteiger partial charge in [-0.2, -0.15) is 0 Å². The molecule has 6 unspecified atom stereocenters. The highest BCUT2D eigenvalue weighted by molar-refractivity contribution is 5.21. The lowest BCUT2D eigenvalue weighted by atomic mass is 9.32. The summed E-state index contributed by atoms with van der Waals surface area (Å²) >= 11 is 0. The minimum absolute atomic E-state index is 0.294. The van der Waals surface area contributed by atoms with Crippen molar-refractivity contribution in [3.8, 4) is 0 Å². The molecule has 5 aliphatic rings. The Bertz CT molecular complexity index is 781. The molecule has 182 valence electrons. The summed E-state index contributed by atoms with van der Waals surface area (Å²) in [6.45, 7) is 22.8. The molecule has 1 heteroatoms. The Morgan fingerprint density at radius 1 is 0.750 bits per heavy atom. The van der Waals surface area contributed by atoms with Gasteiger partial charge in [-0.25, -0.2) is 0 Å². The molecule has 0 saturated heterocycles. The predicted molar refractivity (Wildman–Crippen MR) is 135 cm³/mol. The lowest BCUT2D eigenvalue weighted by Crippen LogP contribution is -2.66. The lowest BCUT2D eigenvalue weighted by molar-refractivity contribution is -0.248. The SMILES string of the molecule is C=C(C)C1CC[C@]2(C)CC[C@]3(C)C(CCC4[C@@]5(C)CCC(OC)C(C)(C)C5CC[C@]43C)C12. The Kier molecular flexibility index (Phi) is 5.21. The topological polar surface area (TPSA) is 9.23 Å². The molecule has 0 amide bonds. The second-order valence-electron chi connectivity index (χ2n) is 14.9. The highest BCUT2D eigenvalue weighted by Crippen LogP contribution is 2.77. The van der Waals surface area contributed by atoms with E-state index in [0.717, 1.165) is 29.6 Å². The van der Waals surface area contributed by atoms with E-state index < -0.39 is 0 Å². The number of hydrogen-bond donors (Lipinski definition) is 0. The minimum atomic E-state index is 0.294. The molecule has 5 saturated carbocycles. The Labute approximate surface area is 199 Å². The van der Waals surface area contributed by atoms with Crippen LogP contribution < -0.4 is 0 Å². The van der Waals surface area contributed by atoms with Crippen LogP contribution in [0.15, 0.2) is 12.2 Å². The Morgan fingerprint density at radius 2 is 1.47 bits per heavy atom. The van der Waals surface area contributed by atoms with Crippen LogP contribution in [0, 0.1) is 56.7 Å². The summed E-state index contributed by atoms with van der Waals surface area (Å²) in [5, 5.41) is 0. The van der Waals surface area contributed by atoms with E-state index in [1.165, 1.54) is 69.8 Å². The van der Waals surface area contributed by atoms with Gasteiger partial charge in [0.05, 0.1) is 6.10 Å². The Balaban J connectivity index is 1.53. The molecule has 0 spiro atoms. The fraction of sp³-hybridized carbons (Fsp3) is 0.935. The zero-order valence-electron chi connectivity index (χ0n) is 22.7. The largest absolute Gasteiger partial charge is 0.381 e. The number of fused-ring (bicyclic) bond motifs is 7. The van der Waals surface area contributed by atoms with Crippen molar-refractivity contribution < 1.29 is 4.74 Å². The van der Waals surface area contributed by atoms with E-state index in [9.17, 15) is 0 Å². The van der Waals surface area contributed by atoms with Gasteiger partial charge >= 0.3 is 0 Å². The van der Waals surface area contributed by atoms with Gasteiger partial charge in [0.2, 0.25) is 0 Å². The van der Waals surface area contributed by atoms with Crippen molar-refractivity contribution in [1.29, 1.82) is 0 Å². The molecule has 32 heavy (non-hydrogen) atoms. The van der Waals surface area contributed by atoms with Crippen molar-refractivity contribution in [3.05, 3.63) is 12.2 Å². The first-order valence-electron chi connectivity index (χ1n) is 14.0. The number of ether oxygens (including phenoxy) is 1. The van der Waals surface area contributed by atoms with Crippen molar-refractivity contribution >= 4 is 0 Å². The van der Waals surface area contributed by atoms with Crippen LogP contribution >= 0.6 is 0 Å². The summed E-state index contributed by atoms with van der Waals surface area (Å²) in [5.74, 6) is 4.22. The van der Waals surface area contributed by atoms with Crippen LogP contribution in [0.25, 0.3) is 0 Å². The van der Waals surface area contributed by atoms with Crippen molar-refractivity contribution in [2.24, 2.45) is 56.7 Å². The second-order valence-corrected chi connectivity index (χ2v) is 14.9. The zero-order valence-corrected chi connectivity index (χ0v) is 22.7. The quantitative estimate of drug-likeness (QED) is 0.390. The van der Waals surface area contributed by atoms with Gasteiger partial charge in [0.1, 0.15) is 0 Å². The Morgan fingerprint density at radius 3 is 2.12 bits per heavy atom. The summed E-state index contributed by atoms with van der Waals surface area (Å²) in [4.78, 5) is 0. The predicted octanol–water partition coefficient (Wildman–Crippen LogP) is 8.68. The maximum atomic E-state index is 6.05. The van der Waals surface area contributed by atoms with Crippen LogP contribution in [-0.2, 0) is 4.74 Å². The molecule has 0 aliphatic heterocycles. The van der Waals surface area contributed by atoms with E-state index in [1.54, 1.807) is 0 Å². The maximum absolute atomic E-state index is 6.05. The highest BCUT2D eigenvalue weighted by atomic mass is 16.5. The standard InChI is InChI=1S/C31H52O/c1-20(2)21-12-15-28(5)18-19-30(7)22(26(21)28)10-11-24-29(6)16-14-25(32-9)27(3,4)23(29)13-17-31(24,30)8/h21-26H,1,10-19H2,2-9H3/t21?,22?,23?,24?,25?,26?,28-,29+,30-,31-/m1/s1. The van der Waals surface area contributed by atoms with Crippen molar-refractivity contribution in [1.82, 2.24) is 0 Å². The third-order valence-corrected chi connectivity index (χ3v) is 13.7. The van der Waals surface area contributed by atoms with E-state index >= 15 is 0 Å². The third kappa shape index (κ3) is 2.73. The van der Waals surface area contributed by atoms with E-state index in [-0.39, 0.29) is 0 Å². The lowest BCUT2D eigenvalue weighted by Gasteiger charge is -2.73. The first kappa shape index (κ1) is 23.4. The van der Waals surface area contributed by atoms with Crippen molar-refractivity contribution in [2.75, 3.05) is 7.11 Å². The minimum Gasteiger partial charge on any atom is -0.381 e. The molecule has 0 heterocycles. The van der Waals surface area contributed by atoms with Crippen molar-refractivity contribution in [2.45, 2.75) is 119 Å². The molecule has 10 atom stereocenters. The van der Waals surface area contributed by atoms with Gasteiger partial charge in [-0.1, -0.05) is 53.7 Å². The van der Waals surface area contributed by atoms with Crippen molar-refractivity contribution in [3.63, 3.8) is 0 Å². The molecule has 5 aliphatic carbocycles. The van der Waals surface area contributed by atoms with Gasteiger partial charge in [-0.05, 0) is 128 Å². The molecule has 0 radical (unpaired) electrons. The zero-order chi connectivity index (χ0) is 23.3. The van der Waals surface area contributed by atoms with E-state index in [0.29, 0.717) is 33.2 Å². The fourth-order valence-electron chi connectivity index (χ4n) is 11.9. The molecule has 0 bridgehead atoms. The van der Waals surface area contributed by atoms with Gasteiger partial charge in [0, 0.05) is 7.11 Å². The molecule has 1 nitrogen and oxygen atoms in total. The van der Waals surface area contributed by atoms with Gasteiger partial charge < -0.3 is 4.74 Å². The number of rotatable bonds is 2. The van der Waals surface area contributed by atoms with Gasteiger partial charge in [0.15, 0.2) is 0 Å². The average Bonchev–Trinajstić information content (AvgIpc) is 3.06. The molecular formula is C31H52O. The highest BCUT2D eigenvalue weighted by Gasteiger charge is 2.70. The molecular weight excluding hydrogens is 388 g/mol. The molecule has 5 rings (SSSR count). The smallest absolute Gasteiger partial charge is 0.0625 e. The summed E-state index contributed by atoms with van der Waals surface area (Å²) in [6, 6.07) is 0. The molecule has 0 aromatic rings. The Hall–Kier alpha value is -0.300. The summed E-state index contributed by atoms with van der Waals surface area (Å²) in [7, 11) is 1.95. The molecule has 5 fully saturated rings. The normalized spacial score (nSPS) is 56.5. The van der Waals surface area contributed by atoms with Crippen LogP contribution in [0.2, 0.25) is 0 Å². The fourth-order valence-corrected chi connectivity index (χ4v) is 11.9. The first-order chi connectivity index (χ1) is 14.8. The van der Waals surface area contributed by atoms with Crippen LogP contribution in [0.5, 0.6) is 0 Å². The van der Waals surface area contributed by atoms with Crippen LogP contribution in [0.3, 0.4) is 0 Å². The van der Waals surface area contributed by atoms with Crippen LogP contribution in [0.1, 0.15) is 113 Å². The molecule has 0 N–H and O–H groups in total. The molecule has 0 aromatic carbocycles. The average molecular weight is 441 g/mol. The first-order valence-corrected chi connectivity index (χ1v) is 14.0. The second kappa shape index (κ2) is 7.11. The summed E-state index contributed by atoms with van der Waals surface area (Å²) < 4.78 is 6.05. The van der Waals surface area contributed by atoms with Crippen LogP contribution in [0.4, 0.5) is 0 Å². The molecule has 0 aromatic heterocycles. The number of allylic oxidation sites excluding steroid dienone is 1. The third-order valence-electron chi connectivity index (χ3n) is 13.7. The van der Waals surface area contributed by atoms with Gasteiger partial charge in [0.25, 0.3) is 0 Å².